The van der Waals surface area contributed by atoms with E-state index in [1.807, 2.05) is 6.07 Å². The van der Waals surface area contributed by atoms with Gasteiger partial charge in [0, 0.05) is 15.6 Å². The number of rotatable bonds is 5. The van der Waals surface area contributed by atoms with Crippen molar-refractivity contribution in [2.45, 2.75) is 32.0 Å². The number of nitrogens with zero attached hydrogens (tertiary/aromatic N) is 3. The van der Waals surface area contributed by atoms with Crippen LogP contribution in [-0.2, 0) is 13.1 Å². The number of amides is 1. The standard InChI is InChI=1S/C17H18FN5OS/c18-12-3-4-16-11(6-12)7-14(25-16)8-20-17(24)15-10-23(22-21-15)9-13-2-1-5-19-13/h3-4,6-7,10,13,19H,1-2,5,8-9H2,(H,20,24)/t13-/m0/s1. The van der Waals surface area contributed by atoms with E-state index in [1.54, 1.807) is 16.9 Å². The van der Waals surface area contributed by atoms with Crippen molar-refractivity contribution in [2.75, 3.05) is 6.54 Å². The summed E-state index contributed by atoms with van der Waals surface area (Å²) in [7, 11) is 0. The lowest BCUT2D eigenvalue weighted by Gasteiger charge is -2.08. The molecular formula is C17H18FN5OS. The molecule has 4 rings (SSSR count). The van der Waals surface area contributed by atoms with E-state index < -0.39 is 0 Å². The molecule has 0 bridgehead atoms. The monoisotopic (exact) mass is 359 g/mol. The van der Waals surface area contributed by atoms with Gasteiger partial charge in [0.2, 0.25) is 0 Å². The molecule has 2 N–H and O–H groups in total. The summed E-state index contributed by atoms with van der Waals surface area (Å²) in [5.41, 5.74) is 0.310. The fourth-order valence-corrected chi connectivity index (χ4v) is 4.03. The van der Waals surface area contributed by atoms with Crippen LogP contribution in [0.25, 0.3) is 10.1 Å². The summed E-state index contributed by atoms with van der Waals surface area (Å²) in [6.45, 7) is 2.14. The van der Waals surface area contributed by atoms with Crippen molar-refractivity contribution >= 4 is 27.3 Å². The maximum atomic E-state index is 13.2. The van der Waals surface area contributed by atoms with Crippen molar-refractivity contribution in [1.29, 1.82) is 0 Å². The molecule has 6 nitrogen and oxygen atoms in total. The Bertz CT molecular complexity index is 899. The highest BCUT2D eigenvalue weighted by molar-refractivity contribution is 7.19. The minimum absolute atomic E-state index is 0.255. The molecule has 1 atom stereocenters. The van der Waals surface area contributed by atoms with Crippen LogP contribution in [0.15, 0.2) is 30.5 Å². The lowest BCUT2D eigenvalue weighted by molar-refractivity contribution is 0.0946. The third kappa shape index (κ3) is 3.69. The molecule has 3 heterocycles. The summed E-state index contributed by atoms with van der Waals surface area (Å²) in [4.78, 5) is 13.2. The average Bonchev–Trinajstić information content (AvgIpc) is 3.33. The molecule has 1 aliphatic rings. The van der Waals surface area contributed by atoms with Crippen LogP contribution in [0.2, 0.25) is 0 Å². The first-order valence-corrected chi connectivity index (χ1v) is 9.09. The molecule has 130 valence electrons. The van der Waals surface area contributed by atoms with Crippen molar-refractivity contribution in [3.05, 3.63) is 46.9 Å². The molecule has 1 amide bonds. The van der Waals surface area contributed by atoms with Gasteiger partial charge in [-0.3, -0.25) is 9.48 Å². The van der Waals surface area contributed by atoms with E-state index in [9.17, 15) is 9.18 Å². The highest BCUT2D eigenvalue weighted by atomic mass is 32.1. The predicted octanol–water partition coefficient (Wildman–Crippen LogP) is 2.31. The molecule has 8 heteroatoms. The molecule has 0 radical (unpaired) electrons. The lowest BCUT2D eigenvalue weighted by Crippen LogP contribution is -2.27. The zero-order chi connectivity index (χ0) is 17.2. The van der Waals surface area contributed by atoms with Gasteiger partial charge >= 0.3 is 0 Å². The van der Waals surface area contributed by atoms with Crippen LogP contribution in [0.5, 0.6) is 0 Å². The van der Waals surface area contributed by atoms with Gasteiger partial charge in [0.1, 0.15) is 5.82 Å². The number of halogens is 1. The Kier molecular flexibility index (Phi) is 4.46. The second kappa shape index (κ2) is 6.89. The number of nitrogens with one attached hydrogen (secondary N) is 2. The predicted molar refractivity (Wildman–Crippen MR) is 94.0 cm³/mol. The van der Waals surface area contributed by atoms with Crippen LogP contribution in [0.3, 0.4) is 0 Å². The van der Waals surface area contributed by atoms with Gasteiger partial charge in [-0.1, -0.05) is 5.21 Å². The molecule has 1 aromatic carbocycles. The second-order valence-corrected chi connectivity index (χ2v) is 7.36. The van der Waals surface area contributed by atoms with Crippen LogP contribution in [-0.4, -0.2) is 33.5 Å². The minimum Gasteiger partial charge on any atom is -0.346 e. The lowest BCUT2D eigenvalue weighted by atomic mass is 10.2. The molecule has 0 saturated carbocycles. The SMILES string of the molecule is O=C(NCc1cc2cc(F)ccc2s1)c1cn(C[C@@H]2CCCN2)nn1. The smallest absolute Gasteiger partial charge is 0.273 e. The first kappa shape index (κ1) is 16.2. The number of thiophene rings is 1. The van der Waals surface area contributed by atoms with Crippen molar-refractivity contribution in [3.63, 3.8) is 0 Å². The molecule has 25 heavy (non-hydrogen) atoms. The van der Waals surface area contributed by atoms with E-state index >= 15 is 0 Å². The first-order chi connectivity index (χ1) is 12.2. The van der Waals surface area contributed by atoms with Crippen molar-refractivity contribution in [2.24, 2.45) is 0 Å². The van der Waals surface area contributed by atoms with Crippen molar-refractivity contribution < 1.29 is 9.18 Å². The molecule has 0 aliphatic carbocycles. The van der Waals surface area contributed by atoms with E-state index in [1.165, 1.54) is 29.9 Å². The number of hydrogen-bond acceptors (Lipinski definition) is 5. The summed E-state index contributed by atoms with van der Waals surface area (Å²) in [6, 6.07) is 6.99. The maximum Gasteiger partial charge on any atom is 0.273 e. The average molecular weight is 359 g/mol. The summed E-state index contributed by atoms with van der Waals surface area (Å²) in [5, 5.41) is 15.1. The van der Waals surface area contributed by atoms with Gasteiger partial charge in [-0.2, -0.15) is 0 Å². The molecule has 2 aromatic heterocycles. The number of hydrogen-bond donors (Lipinski definition) is 2. The topological polar surface area (TPSA) is 71.8 Å². The highest BCUT2D eigenvalue weighted by Gasteiger charge is 2.17. The van der Waals surface area contributed by atoms with E-state index in [0.29, 0.717) is 18.3 Å². The Balaban J connectivity index is 1.37. The van der Waals surface area contributed by atoms with Gasteiger partial charge in [0.05, 0.1) is 19.3 Å². The number of carbonyl (C=O) groups is 1. The normalized spacial score (nSPS) is 17.2. The molecule has 3 aromatic rings. The molecule has 0 spiro atoms. The zero-order valence-corrected chi connectivity index (χ0v) is 14.4. The molecular weight excluding hydrogens is 341 g/mol. The molecule has 0 unspecified atom stereocenters. The number of benzene rings is 1. The zero-order valence-electron chi connectivity index (χ0n) is 13.5. The largest absolute Gasteiger partial charge is 0.346 e. The van der Waals surface area contributed by atoms with Gasteiger partial charge < -0.3 is 10.6 Å². The van der Waals surface area contributed by atoms with Crippen molar-refractivity contribution in [1.82, 2.24) is 25.6 Å². The third-order valence-corrected chi connectivity index (χ3v) is 5.41. The summed E-state index contributed by atoms with van der Waals surface area (Å²) >= 11 is 1.54. The highest BCUT2D eigenvalue weighted by Crippen LogP contribution is 2.26. The molecule has 1 aliphatic heterocycles. The second-order valence-electron chi connectivity index (χ2n) is 6.20. The Hall–Kier alpha value is -2.32. The summed E-state index contributed by atoms with van der Waals surface area (Å²) in [5.74, 6) is -0.511. The van der Waals surface area contributed by atoms with E-state index in [4.69, 9.17) is 0 Å². The minimum atomic E-state index is -0.255. The fourth-order valence-electron chi connectivity index (χ4n) is 3.04. The summed E-state index contributed by atoms with van der Waals surface area (Å²) in [6.07, 6.45) is 3.97. The van der Waals surface area contributed by atoms with Crippen LogP contribution in [0.1, 0.15) is 28.2 Å². The number of carbonyl (C=O) groups excluding carboxylic acids is 1. The van der Waals surface area contributed by atoms with E-state index in [-0.39, 0.29) is 11.7 Å². The van der Waals surface area contributed by atoms with Gasteiger partial charge in [0.15, 0.2) is 5.69 Å². The number of fused-ring (bicyclic) bond motifs is 1. The third-order valence-electron chi connectivity index (χ3n) is 4.29. The molecule has 1 saturated heterocycles. The van der Waals surface area contributed by atoms with Gasteiger partial charge in [-0.15, -0.1) is 16.4 Å². The first-order valence-electron chi connectivity index (χ1n) is 8.27. The van der Waals surface area contributed by atoms with Crippen molar-refractivity contribution in [3.8, 4) is 0 Å². The fraction of sp³-hybridized carbons (Fsp3) is 0.353. The van der Waals surface area contributed by atoms with Crippen LogP contribution < -0.4 is 10.6 Å². The summed E-state index contributed by atoms with van der Waals surface area (Å²) < 4.78 is 16.0. The van der Waals surface area contributed by atoms with E-state index in [0.717, 1.165) is 34.5 Å². The van der Waals surface area contributed by atoms with Crippen LogP contribution >= 0.6 is 11.3 Å². The van der Waals surface area contributed by atoms with E-state index in [2.05, 4.69) is 20.9 Å². The van der Waals surface area contributed by atoms with Crippen LogP contribution in [0, 0.1) is 5.82 Å². The Morgan fingerprint density at radius 3 is 3.20 bits per heavy atom. The number of aromatic nitrogens is 3. The Morgan fingerprint density at radius 2 is 2.36 bits per heavy atom. The quantitative estimate of drug-likeness (QED) is 0.733. The van der Waals surface area contributed by atoms with Gasteiger partial charge in [0.25, 0.3) is 5.91 Å². The van der Waals surface area contributed by atoms with Gasteiger partial charge in [-0.25, -0.2) is 4.39 Å². The van der Waals surface area contributed by atoms with Gasteiger partial charge in [-0.05, 0) is 49.0 Å². The Morgan fingerprint density at radius 1 is 1.44 bits per heavy atom. The van der Waals surface area contributed by atoms with Crippen LogP contribution in [0.4, 0.5) is 4.39 Å². The maximum absolute atomic E-state index is 13.2. The molecule has 1 fully saturated rings. The Labute approximate surface area is 148 Å².